The largest absolute Gasteiger partial charge is 0.322 e. The Morgan fingerprint density at radius 1 is 1.03 bits per heavy atom. The number of para-hydroxylation sites is 1. The molecule has 0 saturated carbocycles. The second kappa shape index (κ2) is 8.68. The number of benzene rings is 1. The van der Waals surface area contributed by atoms with Gasteiger partial charge in [-0.1, -0.05) is 39.0 Å². The Labute approximate surface area is 173 Å². The van der Waals surface area contributed by atoms with Crippen LogP contribution in [0.25, 0.3) is 0 Å². The maximum absolute atomic E-state index is 12.7. The van der Waals surface area contributed by atoms with Gasteiger partial charge in [-0.3, -0.25) is 4.79 Å². The minimum absolute atomic E-state index is 0.0463. The van der Waals surface area contributed by atoms with Crippen molar-refractivity contribution >= 4 is 23.4 Å². The molecular weight excluding hydrogens is 366 g/mol. The molecule has 2 N–H and O–H groups in total. The third-order valence-electron chi connectivity index (χ3n) is 4.41. The van der Waals surface area contributed by atoms with E-state index in [0.29, 0.717) is 18.1 Å². The lowest BCUT2D eigenvalue weighted by atomic mass is 9.92. The van der Waals surface area contributed by atoms with E-state index in [9.17, 15) is 9.59 Å². The van der Waals surface area contributed by atoms with Gasteiger partial charge in [0.25, 0.3) is 0 Å². The van der Waals surface area contributed by atoms with Crippen molar-refractivity contribution in [3.63, 3.8) is 0 Å². The van der Waals surface area contributed by atoms with E-state index in [1.165, 1.54) is 4.90 Å². The predicted octanol–water partition coefficient (Wildman–Crippen LogP) is 4.43. The number of urea groups is 1. The van der Waals surface area contributed by atoms with Gasteiger partial charge >= 0.3 is 6.03 Å². The lowest BCUT2D eigenvalue weighted by Crippen LogP contribution is -2.41. The second-order valence-electron chi connectivity index (χ2n) is 9.11. The summed E-state index contributed by atoms with van der Waals surface area (Å²) in [5.41, 5.74) is 1.16. The van der Waals surface area contributed by atoms with Gasteiger partial charge in [0.1, 0.15) is 12.4 Å². The summed E-state index contributed by atoms with van der Waals surface area (Å²) in [5.74, 6) is 0.368. The minimum atomic E-state index is -0.312. The fraction of sp³-hybridized carbons (Fsp3) is 0.500. The van der Waals surface area contributed by atoms with E-state index in [1.54, 1.807) is 0 Å². The summed E-state index contributed by atoms with van der Waals surface area (Å²) < 4.78 is 1.83. The summed E-state index contributed by atoms with van der Waals surface area (Å²) >= 11 is 0. The van der Waals surface area contributed by atoms with E-state index in [4.69, 9.17) is 5.10 Å². The van der Waals surface area contributed by atoms with Crippen LogP contribution in [0.4, 0.5) is 16.3 Å². The third-order valence-corrected chi connectivity index (χ3v) is 4.41. The van der Waals surface area contributed by atoms with Gasteiger partial charge < -0.3 is 15.5 Å². The number of nitrogens with zero attached hydrogens (tertiary/aromatic N) is 3. The molecule has 7 nitrogen and oxygen atoms in total. The minimum Gasteiger partial charge on any atom is -0.315 e. The highest BCUT2D eigenvalue weighted by molar-refractivity contribution is 5.96. The average molecular weight is 400 g/mol. The highest BCUT2D eigenvalue weighted by Gasteiger charge is 2.26. The van der Waals surface area contributed by atoms with Gasteiger partial charge in [-0.15, -0.1) is 0 Å². The first-order chi connectivity index (χ1) is 13.4. The number of nitrogens with one attached hydrogen (secondary N) is 2. The van der Waals surface area contributed by atoms with Gasteiger partial charge in [-0.25, -0.2) is 9.48 Å². The van der Waals surface area contributed by atoms with Gasteiger partial charge in [0, 0.05) is 23.7 Å². The molecule has 0 unspecified atom stereocenters. The van der Waals surface area contributed by atoms with Gasteiger partial charge in [-0.2, -0.15) is 5.10 Å². The predicted molar refractivity (Wildman–Crippen MR) is 117 cm³/mol. The SMILES string of the molecule is CCN(CC(=O)Nc1cc(C(C)(C)C)nn1C(C)(C)C)C(=O)Nc1ccccc1. The van der Waals surface area contributed by atoms with Crippen LogP contribution in [0.1, 0.15) is 54.2 Å². The number of carbonyl (C=O) groups is 2. The van der Waals surface area contributed by atoms with Crippen LogP contribution < -0.4 is 10.6 Å². The maximum Gasteiger partial charge on any atom is 0.322 e. The van der Waals surface area contributed by atoms with E-state index >= 15 is 0 Å². The first-order valence-corrected chi connectivity index (χ1v) is 9.93. The van der Waals surface area contributed by atoms with Crippen LogP contribution in [0.2, 0.25) is 0 Å². The molecule has 0 atom stereocenters. The fourth-order valence-electron chi connectivity index (χ4n) is 2.75. The second-order valence-corrected chi connectivity index (χ2v) is 9.11. The summed E-state index contributed by atoms with van der Waals surface area (Å²) in [6.07, 6.45) is 0. The van der Waals surface area contributed by atoms with E-state index in [-0.39, 0.29) is 29.4 Å². The summed E-state index contributed by atoms with van der Waals surface area (Å²) in [6, 6.07) is 10.8. The lowest BCUT2D eigenvalue weighted by Gasteiger charge is -2.24. The molecule has 158 valence electrons. The molecule has 29 heavy (non-hydrogen) atoms. The normalized spacial score (nSPS) is 11.8. The highest BCUT2D eigenvalue weighted by atomic mass is 16.2. The molecule has 3 amide bonds. The van der Waals surface area contributed by atoms with Crippen LogP contribution in [0.15, 0.2) is 36.4 Å². The molecule has 0 bridgehead atoms. The smallest absolute Gasteiger partial charge is 0.315 e. The van der Waals surface area contributed by atoms with Crippen molar-refractivity contribution in [3.8, 4) is 0 Å². The van der Waals surface area contributed by atoms with Gasteiger partial charge in [0.15, 0.2) is 0 Å². The molecule has 7 heteroatoms. The quantitative estimate of drug-likeness (QED) is 0.781. The van der Waals surface area contributed by atoms with Crippen LogP contribution in [-0.2, 0) is 15.7 Å². The van der Waals surface area contributed by atoms with Crippen molar-refractivity contribution in [2.75, 3.05) is 23.7 Å². The summed E-state index contributed by atoms with van der Waals surface area (Å²) in [5, 5.41) is 10.4. The van der Waals surface area contributed by atoms with Crippen molar-refractivity contribution in [2.45, 2.75) is 59.4 Å². The molecule has 0 aliphatic carbocycles. The van der Waals surface area contributed by atoms with Crippen molar-refractivity contribution in [2.24, 2.45) is 0 Å². The molecule has 2 rings (SSSR count). The fourth-order valence-corrected chi connectivity index (χ4v) is 2.75. The average Bonchev–Trinajstić information content (AvgIpc) is 3.05. The molecule has 0 aliphatic heterocycles. The van der Waals surface area contributed by atoms with Crippen LogP contribution in [0.5, 0.6) is 0 Å². The van der Waals surface area contributed by atoms with Gasteiger partial charge in [0.2, 0.25) is 5.91 Å². The Morgan fingerprint density at radius 3 is 2.17 bits per heavy atom. The number of likely N-dealkylation sites (N-methyl/N-ethyl adjacent to an activating group) is 1. The summed E-state index contributed by atoms with van der Waals surface area (Å²) in [6.45, 7) is 14.6. The molecular formula is C22H33N5O2. The zero-order valence-electron chi connectivity index (χ0n) is 18.5. The van der Waals surface area contributed by atoms with Crippen molar-refractivity contribution in [1.29, 1.82) is 0 Å². The molecule has 1 aromatic heterocycles. The number of rotatable bonds is 5. The Hall–Kier alpha value is -2.83. The number of aromatic nitrogens is 2. The summed E-state index contributed by atoms with van der Waals surface area (Å²) in [4.78, 5) is 26.7. The molecule has 0 spiro atoms. The van der Waals surface area contributed by atoms with Crippen molar-refractivity contribution in [3.05, 3.63) is 42.1 Å². The van der Waals surface area contributed by atoms with E-state index in [1.807, 2.05) is 68.8 Å². The van der Waals surface area contributed by atoms with Gasteiger partial charge in [0.05, 0.1) is 11.2 Å². The molecule has 2 aromatic rings. The summed E-state index contributed by atoms with van der Waals surface area (Å²) in [7, 11) is 0. The van der Waals surface area contributed by atoms with Crippen molar-refractivity contribution in [1.82, 2.24) is 14.7 Å². The van der Waals surface area contributed by atoms with Crippen LogP contribution in [0, 0.1) is 0 Å². The molecule has 0 radical (unpaired) electrons. The molecule has 0 fully saturated rings. The molecule has 1 heterocycles. The first-order valence-electron chi connectivity index (χ1n) is 9.93. The maximum atomic E-state index is 12.7. The first kappa shape index (κ1) is 22.5. The Kier molecular flexibility index (Phi) is 6.72. The number of anilines is 2. The standard InChI is InChI=1S/C22H33N5O2/c1-8-26(20(29)23-16-12-10-9-11-13-16)15-19(28)24-18-14-17(21(2,3)4)25-27(18)22(5,6)7/h9-14H,8,15H2,1-7H3,(H,23,29)(H,24,28). The third kappa shape index (κ3) is 6.07. The molecule has 1 aromatic carbocycles. The van der Waals surface area contributed by atoms with E-state index < -0.39 is 0 Å². The lowest BCUT2D eigenvalue weighted by molar-refractivity contribution is -0.116. The van der Waals surface area contributed by atoms with Crippen LogP contribution >= 0.6 is 0 Å². The Balaban J connectivity index is 2.12. The van der Waals surface area contributed by atoms with Crippen LogP contribution in [0.3, 0.4) is 0 Å². The monoisotopic (exact) mass is 399 g/mol. The zero-order valence-corrected chi connectivity index (χ0v) is 18.5. The number of hydrogen-bond acceptors (Lipinski definition) is 3. The highest BCUT2D eigenvalue weighted by Crippen LogP contribution is 2.28. The number of carbonyl (C=O) groups excluding carboxylic acids is 2. The topological polar surface area (TPSA) is 79.3 Å². The Bertz CT molecular complexity index is 844. The van der Waals surface area contributed by atoms with E-state index in [2.05, 4.69) is 31.4 Å². The number of amides is 3. The Morgan fingerprint density at radius 2 is 1.66 bits per heavy atom. The zero-order chi connectivity index (χ0) is 21.8. The van der Waals surface area contributed by atoms with Crippen LogP contribution in [-0.4, -0.2) is 39.7 Å². The molecule has 0 saturated heterocycles. The van der Waals surface area contributed by atoms with E-state index in [0.717, 1.165) is 5.69 Å². The number of hydrogen-bond donors (Lipinski definition) is 2. The molecule has 0 aliphatic rings. The van der Waals surface area contributed by atoms with Crippen molar-refractivity contribution < 1.29 is 9.59 Å². The van der Waals surface area contributed by atoms with Gasteiger partial charge in [-0.05, 0) is 39.8 Å².